The number of nitrogens with zero attached hydrogens (tertiary/aromatic N) is 1. The minimum atomic E-state index is 0.110. The molecule has 3 nitrogen and oxygen atoms in total. The molecule has 0 spiro atoms. The van der Waals surface area contributed by atoms with Gasteiger partial charge in [0.1, 0.15) is 0 Å². The molecule has 19 heavy (non-hydrogen) atoms. The van der Waals surface area contributed by atoms with Gasteiger partial charge in [-0.2, -0.15) is 0 Å². The van der Waals surface area contributed by atoms with Crippen LogP contribution in [0, 0.1) is 0 Å². The van der Waals surface area contributed by atoms with Crippen LogP contribution in [-0.2, 0) is 4.74 Å². The van der Waals surface area contributed by atoms with E-state index in [9.17, 15) is 0 Å². The van der Waals surface area contributed by atoms with Crippen molar-refractivity contribution in [2.45, 2.75) is 32.1 Å². The molecule has 5 heteroatoms. The van der Waals surface area contributed by atoms with Gasteiger partial charge in [0.25, 0.3) is 0 Å². The smallest absolute Gasteiger partial charge is 0.0678 e. The molecule has 2 N–H and O–H groups in total. The van der Waals surface area contributed by atoms with E-state index in [2.05, 4.69) is 18.7 Å². The Labute approximate surface area is 124 Å². The molecule has 0 bridgehead atoms. The van der Waals surface area contributed by atoms with Crippen LogP contribution in [0.4, 0.5) is 0 Å². The Morgan fingerprint density at radius 2 is 1.95 bits per heavy atom. The van der Waals surface area contributed by atoms with Crippen molar-refractivity contribution in [1.29, 1.82) is 0 Å². The SMILES string of the molecule is C[C@H]1CN([C@@H](CN)c2ccc(Cl)cc2Cl)C[C@H](C)O1. The monoisotopic (exact) mass is 302 g/mol. The quantitative estimate of drug-likeness (QED) is 0.932. The van der Waals surface area contributed by atoms with Gasteiger partial charge in [-0.25, -0.2) is 0 Å². The topological polar surface area (TPSA) is 38.5 Å². The molecule has 0 saturated carbocycles. The zero-order chi connectivity index (χ0) is 14.0. The van der Waals surface area contributed by atoms with Crippen LogP contribution in [-0.4, -0.2) is 36.7 Å². The van der Waals surface area contributed by atoms with Crippen molar-refractivity contribution < 1.29 is 4.74 Å². The van der Waals surface area contributed by atoms with Gasteiger partial charge < -0.3 is 10.5 Å². The number of hydrogen-bond donors (Lipinski definition) is 1. The fourth-order valence-electron chi connectivity index (χ4n) is 2.72. The van der Waals surface area contributed by atoms with Gasteiger partial charge >= 0.3 is 0 Å². The van der Waals surface area contributed by atoms with Gasteiger partial charge in [-0.3, -0.25) is 4.90 Å². The Hall–Kier alpha value is -0.320. The molecule has 0 unspecified atom stereocenters. The molecule has 0 radical (unpaired) electrons. The van der Waals surface area contributed by atoms with Crippen LogP contribution in [0.3, 0.4) is 0 Å². The molecule has 1 heterocycles. The van der Waals surface area contributed by atoms with E-state index in [1.807, 2.05) is 12.1 Å². The second kappa shape index (κ2) is 6.42. The fourth-order valence-corrected chi connectivity index (χ4v) is 3.25. The first-order valence-electron chi connectivity index (χ1n) is 6.55. The van der Waals surface area contributed by atoms with Crippen molar-refractivity contribution in [3.63, 3.8) is 0 Å². The minimum Gasteiger partial charge on any atom is -0.373 e. The first-order valence-corrected chi connectivity index (χ1v) is 7.31. The molecule has 0 aromatic heterocycles. The summed E-state index contributed by atoms with van der Waals surface area (Å²) in [6.07, 6.45) is 0.424. The van der Waals surface area contributed by atoms with Crippen LogP contribution in [0.5, 0.6) is 0 Å². The lowest BCUT2D eigenvalue weighted by molar-refractivity contribution is -0.0799. The Morgan fingerprint density at radius 3 is 2.47 bits per heavy atom. The molecule has 0 aliphatic carbocycles. The molecule has 1 aromatic rings. The van der Waals surface area contributed by atoms with Crippen LogP contribution in [0.2, 0.25) is 10.0 Å². The van der Waals surface area contributed by atoms with E-state index >= 15 is 0 Å². The van der Waals surface area contributed by atoms with Crippen LogP contribution < -0.4 is 5.73 Å². The van der Waals surface area contributed by atoms with Gasteiger partial charge in [0.2, 0.25) is 0 Å². The maximum Gasteiger partial charge on any atom is 0.0678 e. The van der Waals surface area contributed by atoms with Gasteiger partial charge in [0, 0.05) is 35.7 Å². The van der Waals surface area contributed by atoms with Gasteiger partial charge in [0.05, 0.1) is 12.2 Å². The first-order chi connectivity index (χ1) is 9.01. The summed E-state index contributed by atoms with van der Waals surface area (Å²) in [5, 5.41) is 1.32. The van der Waals surface area contributed by atoms with Gasteiger partial charge in [-0.15, -0.1) is 0 Å². The van der Waals surface area contributed by atoms with Crippen molar-refractivity contribution in [1.82, 2.24) is 4.90 Å². The van der Waals surface area contributed by atoms with E-state index < -0.39 is 0 Å². The molecule has 1 aromatic carbocycles. The Balaban J connectivity index is 2.23. The van der Waals surface area contributed by atoms with Crippen molar-refractivity contribution in [3.8, 4) is 0 Å². The number of benzene rings is 1. The third kappa shape index (κ3) is 3.61. The van der Waals surface area contributed by atoms with Crippen molar-refractivity contribution in [2.75, 3.05) is 19.6 Å². The maximum atomic E-state index is 6.30. The summed E-state index contributed by atoms with van der Waals surface area (Å²) >= 11 is 12.2. The molecule has 1 aliphatic rings. The van der Waals surface area contributed by atoms with Gasteiger partial charge in [-0.05, 0) is 31.5 Å². The number of hydrogen-bond acceptors (Lipinski definition) is 3. The van der Waals surface area contributed by atoms with E-state index in [0.29, 0.717) is 16.6 Å². The highest BCUT2D eigenvalue weighted by Crippen LogP contribution is 2.31. The average molecular weight is 303 g/mol. The second-order valence-electron chi connectivity index (χ2n) is 5.13. The number of halogens is 2. The molecular formula is C14H20Cl2N2O. The lowest BCUT2D eigenvalue weighted by atomic mass is 10.0. The van der Waals surface area contributed by atoms with Crippen LogP contribution in [0.1, 0.15) is 25.5 Å². The van der Waals surface area contributed by atoms with Crippen molar-refractivity contribution in [3.05, 3.63) is 33.8 Å². The average Bonchev–Trinajstić information content (AvgIpc) is 2.31. The highest BCUT2D eigenvalue weighted by Gasteiger charge is 2.29. The van der Waals surface area contributed by atoms with E-state index in [1.165, 1.54) is 0 Å². The second-order valence-corrected chi connectivity index (χ2v) is 5.97. The van der Waals surface area contributed by atoms with E-state index in [4.69, 9.17) is 33.7 Å². The molecule has 1 saturated heterocycles. The number of rotatable bonds is 3. The summed E-state index contributed by atoms with van der Waals surface area (Å²) in [6.45, 7) is 6.43. The zero-order valence-corrected chi connectivity index (χ0v) is 12.8. The fraction of sp³-hybridized carbons (Fsp3) is 0.571. The summed E-state index contributed by atoms with van der Waals surface area (Å²) in [6, 6.07) is 5.71. The van der Waals surface area contributed by atoms with E-state index in [0.717, 1.165) is 18.7 Å². The minimum absolute atomic E-state index is 0.110. The Bertz CT molecular complexity index is 431. The van der Waals surface area contributed by atoms with Crippen molar-refractivity contribution in [2.24, 2.45) is 5.73 Å². The Kier molecular flexibility index (Phi) is 5.09. The molecule has 2 rings (SSSR count). The molecule has 106 valence electrons. The molecule has 0 amide bonds. The standard InChI is InChI=1S/C14H20Cl2N2O/c1-9-7-18(8-10(2)19-9)14(6-17)12-4-3-11(15)5-13(12)16/h3-5,9-10,14H,6-8,17H2,1-2H3/t9-,10-,14-/m0/s1. The van der Waals surface area contributed by atoms with Crippen LogP contribution in [0.15, 0.2) is 18.2 Å². The molecule has 1 fully saturated rings. The van der Waals surface area contributed by atoms with Crippen LogP contribution >= 0.6 is 23.2 Å². The third-order valence-corrected chi connectivity index (χ3v) is 4.00. The summed E-state index contributed by atoms with van der Waals surface area (Å²) in [5.74, 6) is 0. The summed E-state index contributed by atoms with van der Waals surface area (Å²) in [5.41, 5.74) is 7.00. The van der Waals surface area contributed by atoms with Gasteiger partial charge in [-0.1, -0.05) is 29.3 Å². The summed E-state index contributed by atoms with van der Waals surface area (Å²) in [7, 11) is 0. The third-order valence-electron chi connectivity index (χ3n) is 3.43. The number of morpholine rings is 1. The lowest BCUT2D eigenvalue weighted by Crippen LogP contribution is -2.48. The van der Waals surface area contributed by atoms with Gasteiger partial charge in [0.15, 0.2) is 0 Å². The predicted molar refractivity (Wildman–Crippen MR) is 79.8 cm³/mol. The normalized spacial score (nSPS) is 26.4. The highest BCUT2D eigenvalue weighted by atomic mass is 35.5. The first kappa shape index (κ1) is 15.1. The zero-order valence-electron chi connectivity index (χ0n) is 11.3. The Morgan fingerprint density at radius 1 is 1.32 bits per heavy atom. The highest BCUT2D eigenvalue weighted by molar-refractivity contribution is 6.35. The number of ether oxygens (including phenoxy) is 1. The lowest BCUT2D eigenvalue weighted by Gasteiger charge is -2.40. The maximum absolute atomic E-state index is 6.30. The van der Waals surface area contributed by atoms with Crippen LogP contribution in [0.25, 0.3) is 0 Å². The predicted octanol–water partition coefficient (Wildman–Crippen LogP) is 3.10. The molecule has 3 atom stereocenters. The van der Waals surface area contributed by atoms with E-state index in [-0.39, 0.29) is 18.2 Å². The largest absolute Gasteiger partial charge is 0.373 e. The number of nitrogens with two attached hydrogens (primary N) is 1. The summed E-state index contributed by atoms with van der Waals surface area (Å²) < 4.78 is 5.76. The van der Waals surface area contributed by atoms with Crippen molar-refractivity contribution >= 4 is 23.2 Å². The molecular weight excluding hydrogens is 283 g/mol. The molecule has 1 aliphatic heterocycles. The summed E-state index contributed by atoms with van der Waals surface area (Å²) in [4.78, 5) is 2.34. The van der Waals surface area contributed by atoms with E-state index in [1.54, 1.807) is 6.07 Å².